The standard InChI is InChI=1S/C23H24FN5OS/c24-18-11-5-4-10-17(18)22-28-27-21(31-22)16-9-6-12-29(14-16)23(30)20-13-19(25-26-20)15-7-2-1-3-8-15/h1-5,7-8,10-11,16,19-20,25-26H,6,9,12-14H2. The molecular weight excluding hydrogens is 413 g/mol. The van der Waals surface area contributed by atoms with Gasteiger partial charge in [-0.05, 0) is 37.0 Å². The van der Waals surface area contributed by atoms with Crippen LogP contribution in [0.2, 0.25) is 0 Å². The molecule has 3 unspecified atom stereocenters. The van der Waals surface area contributed by atoms with Gasteiger partial charge < -0.3 is 4.90 Å². The SMILES string of the molecule is O=C(C1CC(c2ccccc2)NN1)N1CCCC(c2nnc(-c3ccccc3F)s2)C1. The number of carbonyl (C=O) groups is 1. The van der Waals surface area contributed by atoms with Crippen LogP contribution in [0.5, 0.6) is 0 Å². The predicted molar refractivity (Wildman–Crippen MR) is 118 cm³/mol. The zero-order chi connectivity index (χ0) is 21.2. The molecule has 2 aromatic carbocycles. The molecule has 3 atom stereocenters. The van der Waals surface area contributed by atoms with E-state index in [1.54, 1.807) is 18.2 Å². The molecule has 2 aliphatic heterocycles. The monoisotopic (exact) mass is 437 g/mol. The first-order valence-electron chi connectivity index (χ1n) is 10.6. The number of rotatable bonds is 4. The van der Waals surface area contributed by atoms with E-state index in [2.05, 4.69) is 33.2 Å². The Balaban J connectivity index is 1.25. The van der Waals surface area contributed by atoms with Crippen molar-refractivity contribution < 1.29 is 9.18 Å². The second kappa shape index (κ2) is 8.82. The third kappa shape index (κ3) is 4.23. The number of amides is 1. The van der Waals surface area contributed by atoms with E-state index >= 15 is 0 Å². The Labute approximate surface area is 184 Å². The summed E-state index contributed by atoms with van der Waals surface area (Å²) in [5.74, 6) is -0.0390. The quantitative estimate of drug-likeness (QED) is 0.652. The van der Waals surface area contributed by atoms with Gasteiger partial charge in [0.1, 0.15) is 16.9 Å². The topological polar surface area (TPSA) is 70.2 Å². The van der Waals surface area contributed by atoms with Gasteiger partial charge in [-0.2, -0.15) is 0 Å². The first kappa shape index (κ1) is 20.2. The van der Waals surface area contributed by atoms with Crippen molar-refractivity contribution in [3.8, 4) is 10.6 Å². The largest absolute Gasteiger partial charge is 0.341 e. The molecule has 160 valence electrons. The molecule has 5 rings (SSSR count). The minimum atomic E-state index is -0.293. The van der Waals surface area contributed by atoms with Crippen LogP contribution < -0.4 is 10.9 Å². The molecule has 0 spiro atoms. The number of carbonyl (C=O) groups excluding carboxylic acids is 1. The van der Waals surface area contributed by atoms with Crippen LogP contribution in [0, 0.1) is 5.82 Å². The molecule has 1 aromatic heterocycles. The van der Waals surface area contributed by atoms with E-state index in [0.717, 1.165) is 30.8 Å². The van der Waals surface area contributed by atoms with Gasteiger partial charge in [-0.1, -0.05) is 53.8 Å². The predicted octanol–water partition coefficient (Wildman–Crippen LogP) is 3.66. The molecule has 6 nitrogen and oxygen atoms in total. The fraction of sp³-hybridized carbons (Fsp3) is 0.348. The molecule has 2 aliphatic rings. The van der Waals surface area contributed by atoms with E-state index < -0.39 is 0 Å². The van der Waals surface area contributed by atoms with Gasteiger partial charge in [0.2, 0.25) is 5.91 Å². The molecule has 0 aliphatic carbocycles. The van der Waals surface area contributed by atoms with Crippen molar-refractivity contribution in [2.24, 2.45) is 0 Å². The summed E-state index contributed by atoms with van der Waals surface area (Å²) in [7, 11) is 0. The highest BCUT2D eigenvalue weighted by molar-refractivity contribution is 7.14. The van der Waals surface area contributed by atoms with E-state index in [1.807, 2.05) is 23.1 Å². The van der Waals surface area contributed by atoms with E-state index in [1.165, 1.54) is 23.0 Å². The van der Waals surface area contributed by atoms with Gasteiger partial charge in [-0.3, -0.25) is 4.79 Å². The minimum Gasteiger partial charge on any atom is -0.341 e. The van der Waals surface area contributed by atoms with E-state index in [-0.39, 0.29) is 29.7 Å². The number of halogens is 1. The van der Waals surface area contributed by atoms with Crippen LogP contribution >= 0.6 is 11.3 Å². The lowest BCUT2D eigenvalue weighted by atomic mass is 9.97. The number of likely N-dealkylation sites (tertiary alicyclic amines) is 1. The molecule has 2 N–H and O–H groups in total. The van der Waals surface area contributed by atoms with Gasteiger partial charge >= 0.3 is 0 Å². The summed E-state index contributed by atoms with van der Waals surface area (Å²) >= 11 is 1.42. The fourth-order valence-corrected chi connectivity index (χ4v) is 5.36. The number of benzene rings is 2. The Kier molecular flexibility index (Phi) is 5.76. The van der Waals surface area contributed by atoms with Gasteiger partial charge in [-0.15, -0.1) is 10.2 Å². The molecule has 0 bridgehead atoms. The van der Waals surface area contributed by atoms with E-state index in [0.29, 0.717) is 17.1 Å². The van der Waals surface area contributed by atoms with Crippen molar-refractivity contribution in [1.29, 1.82) is 0 Å². The van der Waals surface area contributed by atoms with E-state index in [9.17, 15) is 9.18 Å². The number of piperidine rings is 1. The number of hydrogen-bond donors (Lipinski definition) is 2. The summed E-state index contributed by atoms with van der Waals surface area (Å²) in [5, 5.41) is 10.0. The molecule has 31 heavy (non-hydrogen) atoms. The van der Waals surface area contributed by atoms with E-state index in [4.69, 9.17) is 0 Å². The summed E-state index contributed by atoms with van der Waals surface area (Å²) < 4.78 is 14.1. The summed E-state index contributed by atoms with van der Waals surface area (Å²) in [4.78, 5) is 15.1. The zero-order valence-electron chi connectivity index (χ0n) is 17.0. The highest BCUT2D eigenvalue weighted by Crippen LogP contribution is 2.34. The van der Waals surface area contributed by atoms with Crippen LogP contribution in [0.4, 0.5) is 4.39 Å². The second-order valence-electron chi connectivity index (χ2n) is 8.09. The summed E-state index contributed by atoms with van der Waals surface area (Å²) in [5.41, 5.74) is 8.09. The van der Waals surface area contributed by atoms with Gasteiger partial charge in [0, 0.05) is 30.6 Å². The maximum absolute atomic E-state index is 14.1. The Morgan fingerprint density at radius 1 is 1.06 bits per heavy atom. The Morgan fingerprint density at radius 2 is 1.87 bits per heavy atom. The van der Waals surface area contributed by atoms with Gasteiger partial charge in [-0.25, -0.2) is 15.2 Å². The smallest absolute Gasteiger partial charge is 0.241 e. The van der Waals surface area contributed by atoms with Crippen molar-refractivity contribution >= 4 is 17.2 Å². The molecule has 3 heterocycles. The minimum absolute atomic E-state index is 0.120. The summed E-state index contributed by atoms with van der Waals surface area (Å²) in [6.07, 6.45) is 2.60. The summed E-state index contributed by atoms with van der Waals surface area (Å²) in [6.45, 7) is 1.38. The van der Waals surface area contributed by atoms with Crippen molar-refractivity contribution in [1.82, 2.24) is 25.9 Å². The summed E-state index contributed by atoms with van der Waals surface area (Å²) in [6, 6.07) is 16.7. The van der Waals surface area contributed by atoms with Crippen LogP contribution in [0.15, 0.2) is 54.6 Å². The lowest BCUT2D eigenvalue weighted by Crippen LogP contribution is -2.48. The first-order valence-corrected chi connectivity index (χ1v) is 11.4. The molecule has 2 saturated heterocycles. The average molecular weight is 438 g/mol. The van der Waals surface area contributed by atoms with Crippen LogP contribution in [-0.2, 0) is 4.79 Å². The lowest BCUT2D eigenvalue weighted by Gasteiger charge is -2.33. The molecule has 1 amide bonds. The van der Waals surface area contributed by atoms with Crippen LogP contribution in [0.1, 0.15) is 41.8 Å². The Hall–Kier alpha value is -2.68. The second-order valence-corrected chi connectivity index (χ2v) is 9.10. The third-order valence-electron chi connectivity index (χ3n) is 6.03. The fourth-order valence-electron chi connectivity index (χ4n) is 4.36. The van der Waals surface area contributed by atoms with Crippen molar-refractivity contribution in [2.75, 3.05) is 13.1 Å². The van der Waals surface area contributed by atoms with Crippen LogP contribution in [-0.4, -0.2) is 40.1 Å². The van der Waals surface area contributed by atoms with Crippen LogP contribution in [0.25, 0.3) is 10.6 Å². The van der Waals surface area contributed by atoms with Gasteiger partial charge in [0.15, 0.2) is 5.01 Å². The number of nitrogens with one attached hydrogen (secondary N) is 2. The van der Waals surface area contributed by atoms with Crippen molar-refractivity contribution in [2.45, 2.75) is 37.3 Å². The average Bonchev–Trinajstić information content (AvgIpc) is 3.50. The Bertz CT molecular complexity index is 1060. The lowest BCUT2D eigenvalue weighted by molar-refractivity contribution is -0.134. The van der Waals surface area contributed by atoms with Crippen LogP contribution in [0.3, 0.4) is 0 Å². The molecule has 8 heteroatoms. The number of aromatic nitrogens is 2. The Morgan fingerprint density at radius 3 is 2.71 bits per heavy atom. The van der Waals surface area contributed by atoms with Gasteiger partial charge in [0.05, 0.1) is 0 Å². The van der Waals surface area contributed by atoms with Crippen molar-refractivity contribution in [3.05, 3.63) is 71.0 Å². The zero-order valence-corrected chi connectivity index (χ0v) is 17.8. The van der Waals surface area contributed by atoms with Gasteiger partial charge in [0.25, 0.3) is 0 Å². The third-order valence-corrected chi connectivity index (χ3v) is 7.15. The molecule has 3 aromatic rings. The number of hydrogen-bond acceptors (Lipinski definition) is 6. The molecule has 2 fully saturated rings. The maximum atomic E-state index is 14.1. The molecule has 0 radical (unpaired) electrons. The highest BCUT2D eigenvalue weighted by atomic mass is 32.1. The first-order chi connectivity index (χ1) is 15.2. The van der Waals surface area contributed by atoms with Crippen molar-refractivity contribution in [3.63, 3.8) is 0 Å². The molecular formula is C23H24FN5OS. The number of hydrazine groups is 1. The highest BCUT2D eigenvalue weighted by Gasteiger charge is 2.35. The normalized spacial score (nSPS) is 23.8. The number of nitrogens with zero attached hydrogens (tertiary/aromatic N) is 3. The molecule has 0 saturated carbocycles. The maximum Gasteiger partial charge on any atom is 0.241 e.